The standard InChI is InChI=1S/C11H10N2O3/c1-15-10-4-2-8(3-5-10)11-6-9(7-12)13(14)16-11/h2-5,11H,6H2,1H3. The molecule has 5 nitrogen and oxygen atoms in total. The van der Waals surface area contributed by atoms with Gasteiger partial charge in [-0.2, -0.15) is 5.26 Å². The zero-order valence-corrected chi connectivity index (χ0v) is 8.71. The Morgan fingerprint density at radius 3 is 2.69 bits per heavy atom. The van der Waals surface area contributed by atoms with Gasteiger partial charge in [-0.3, -0.25) is 5.21 Å². The number of ether oxygens (including phenoxy) is 1. The molecule has 0 saturated carbocycles. The lowest BCUT2D eigenvalue weighted by atomic mass is 10.1. The van der Waals surface area contributed by atoms with Gasteiger partial charge in [0.05, 0.1) is 18.4 Å². The van der Waals surface area contributed by atoms with Crippen molar-refractivity contribution < 1.29 is 14.5 Å². The van der Waals surface area contributed by atoms with Gasteiger partial charge in [0.2, 0.25) is 0 Å². The van der Waals surface area contributed by atoms with E-state index in [0.717, 1.165) is 11.3 Å². The van der Waals surface area contributed by atoms with Crippen molar-refractivity contribution in [1.29, 1.82) is 5.26 Å². The average molecular weight is 218 g/mol. The lowest BCUT2D eigenvalue weighted by Gasteiger charge is -2.11. The van der Waals surface area contributed by atoms with Crippen molar-refractivity contribution in [1.82, 2.24) is 0 Å². The molecule has 1 aromatic carbocycles. The molecule has 0 N–H and O–H groups in total. The van der Waals surface area contributed by atoms with Crippen molar-refractivity contribution in [3.8, 4) is 11.8 Å². The highest BCUT2D eigenvalue weighted by Gasteiger charge is 2.28. The minimum atomic E-state index is -0.377. The molecule has 1 aliphatic rings. The Hall–Kier alpha value is -2.22. The number of benzene rings is 1. The maximum atomic E-state index is 11.1. The Morgan fingerprint density at radius 2 is 2.19 bits per heavy atom. The average Bonchev–Trinajstić information content (AvgIpc) is 2.71. The molecule has 1 heterocycles. The maximum absolute atomic E-state index is 11.1. The fourth-order valence-electron chi connectivity index (χ4n) is 1.55. The molecule has 0 aromatic heterocycles. The summed E-state index contributed by atoms with van der Waals surface area (Å²) in [4.78, 5) is 5.29. The van der Waals surface area contributed by atoms with Gasteiger partial charge in [0.15, 0.2) is 6.07 Å². The molecule has 82 valence electrons. The van der Waals surface area contributed by atoms with E-state index in [4.69, 9.17) is 14.8 Å². The van der Waals surface area contributed by atoms with Gasteiger partial charge in [0.25, 0.3) is 0 Å². The highest BCUT2D eigenvalue weighted by atomic mass is 16.9. The van der Waals surface area contributed by atoms with Crippen LogP contribution in [0.5, 0.6) is 5.75 Å². The molecular formula is C11H10N2O3. The molecular weight excluding hydrogens is 208 g/mol. The van der Waals surface area contributed by atoms with E-state index in [1.807, 2.05) is 18.2 Å². The number of hydrogen-bond donors (Lipinski definition) is 0. The third kappa shape index (κ3) is 1.77. The Morgan fingerprint density at radius 1 is 1.50 bits per heavy atom. The van der Waals surface area contributed by atoms with Crippen molar-refractivity contribution in [2.24, 2.45) is 0 Å². The van der Waals surface area contributed by atoms with Crippen LogP contribution in [0.1, 0.15) is 18.1 Å². The predicted octanol–water partition coefficient (Wildman–Crippen LogP) is 1.55. The molecule has 1 aliphatic heterocycles. The Balaban J connectivity index is 2.14. The molecule has 0 amide bonds. The minimum Gasteiger partial charge on any atom is -0.497 e. The summed E-state index contributed by atoms with van der Waals surface area (Å²) < 4.78 is 5.02. The fourth-order valence-corrected chi connectivity index (χ4v) is 1.55. The summed E-state index contributed by atoms with van der Waals surface area (Å²) in [5.74, 6) is 0.741. The minimum absolute atomic E-state index is 0.0980. The molecule has 5 heteroatoms. The second-order valence-electron chi connectivity index (χ2n) is 3.39. The molecule has 0 bridgehead atoms. The molecule has 0 radical (unpaired) electrons. The number of rotatable bonds is 2. The monoisotopic (exact) mass is 218 g/mol. The molecule has 1 atom stereocenters. The third-order valence-corrected chi connectivity index (χ3v) is 2.44. The smallest absolute Gasteiger partial charge is 0.322 e. The summed E-state index contributed by atoms with van der Waals surface area (Å²) in [5.41, 5.74) is 0.952. The van der Waals surface area contributed by atoms with Crippen LogP contribution in [-0.2, 0) is 4.84 Å². The van der Waals surface area contributed by atoms with Gasteiger partial charge < -0.3 is 9.57 Å². The zero-order valence-electron chi connectivity index (χ0n) is 8.71. The first kappa shape index (κ1) is 10.3. The third-order valence-electron chi connectivity index (χ3n) is 2.44. The first-order valence-electron chi connectivity index (χ1n) is 4.78. The molecule has 16 heavy (non-hydrogen) atoms. The van der Waals surface area contributed by atoms with Gasteiger partial charge in [-0.1, -0.05) is 12.1 Å². The molecule has 0 spiro atoms. The molecule has 1 aromatic rings. The van der Waals surface area contributed by atoms with E-state index in [1.54, 1.807) is 19.2 Å². The predicted molar refractivity (Wildman–Crippen MR) is 55.7 cm³/mol. The van der Waals surface area contributed by atoms with Crippen LogP contribution in [0.2, 0.25) is 0 Å². The van der Waals surface area contributed by atoms with E-state index in [2.05, 4.69) is 0 Å². The normalized spacial score (nSPS) is 19.1. The number of nitriles is 1. The highest BCUT2D eigenvalue weighted by Crippen LogP contribution is 2.27. The van der Waals surface area contributed by atoms with Crippen LogP contribution in [-0.4, -0.2) is 17.7 Å². The topological polar surface area (TPSA) is 68.3 Å². The summed E-state index contributed by atoms with van der Waals surface area (Å²) in [6, 6.07) is 9.03. The van der Waals surface area contributed by atoms with Crippen LogP contribution in [0.25, 0.3) is 0 Å². The summed E-state index contributed by atoms with van der Waals surface area (Å²) in [6.45, 7) is 0. The Labute approximate surface area is 92.7 Å². The van der Waals surface area contributed by atoms with Crippen molar-refractivity contribution >= 4 is 5.71 Å². The molecule has 0 fully saturated rings. The van der Waals surface area contributed by atoms with Gasteiger partial charge in [-0.05, 0) is 17.7 Å². The zero-order chi connectivity index (χ0) is 11.5. The lowest BCUT2D eigenvalue weighted by Crippen LogP contribution is -2.03. The van der Waals surface area contributed by atoms with Crippen LogP contribution in [0.15, 0.2) is 24.3 Å². The Bertz CT molecular complexity index is 459. The van der Waals surface area contributed by atoms with Crippen molar-refractivity contribution in [2.75, 3.05) is 7.11 Å². The molecule has 0 saturated heterocycles. The van der Waals surface area contributed by atoms with Gasteiger partial charge in [-0.15, -0.1) is 0 Å². The van der Waals surface area contributed by atoms with E-state index in [9.17, 15) is 5.21 Å². The van der Waals surface area contributed by atoms with Crippen LogP contribution in [0.3, 0.4) is 0 Å². The first-order valence-corrected chi connectivity index (χ1v) is 4.78. The first-order chi connectivity index (χ1) is 7.74. The van der Waals surface area contributed by atoms with Gasteiger partial charge in [0.1, 0.15) is 11.9 Å². The maximum Gasteiger partial charge on any atom is 0.322 e. The van der Waals surface area contributed by atoms with Crippen molar-refractivity contribution in [2.45, 2.75) is 12.5 Å². The van der Waals surface area contributed by atoms with Gasteiger partial charge in [-0.25, -0.2) is 0 Å². The molecule has 1 unspecified atom stereocenters. The summed E-state index contributed by atoms with van der Waals surface area (Å²) in [7, 11) is 1.59. The second-order valence-corrected chi connectivity index (χ2v) is 3.39. The van der Waals surface area contributed by atoms with E-state index < -0.39 is 0 Å². The summed E-state index contributed by atoms with van der Waals surface area (Å²) >= 11 is 0. The van der Waals surface area contributed by atoms with Crippen LogP contribution >= 0.6 is 0 Å². The quantitative estimate of drug-likeness (QED) is 0.706. The number of methoxy groups -OCH3 is 1. The van der Waals surface area contributed by atoms with Crippen molar-refractivity contribution in [3.05, 3.63) is 35.0 Å². The SMILES string of the molecule is COc1ccc(C2CC(C#N)=[N+]([O-])O2)cc1. The van der Waals surface area contributed by atoms with E-state index >= 15 is 0 Å². The largest absolute Gasteiger partial charge is 0.497 e. The Kier molecular flexibility index (Phi) is 2.64. The molecule has 0 aliphatic carbocycles. The van der Waals surface area contributed by atoms with Crippen LogP contribution in [0.4, 0.5) is 0 Å². The van der Waals surface area contributed by atoms with Crippen molar-refractivity contribution in [3.63, 3.8) is 0 Å². The van der Waals surface area contributed by atoms with E-state index in [-0.39, 0.29) is 16.7 Å². The second kappa shape index (κ2) is 4.11. The van der Waals surface area contributed by atoms with E-state index in [0.29, 0.717) is 6.42 Å². The number of nitrogens with zero attached hydrogens (tertiary/aromatic N) is 2. The van der Waals surface area contributed by atoms with Gasteiger partial charge in [0, 0.05) is 0 Å². The fraction of sp³-hybridized carbons (Fsp3) is 0.273. The van der Waals surface area contributed by atoms with Crippen LogP contribution < -0.4 is 4.74 Å². The summed E-state index contributed by atoms with van der Waals surface area (Å²) in [5, 5.41) is 19.8. The van der Waals surface area contributed by atoms with Crippen LogP contribution in [0, 0.1) is 16.5 Å². The number of hydrogen-bond acceptors (Lipinski definition) is 4. The summed E-state index contributed by atoms with van der Waals surface area (Å²) in [6.07, 6.45) is -0.0650. The highest BCUT2D eigenvalue weighted by molar-refractivity contribution is 5.95. The molecule has 2 rings (SSSR count). The lowest BCUT2D eigenvalue weighted by molar-refractivity contribution is -0.742. The van der Waals surface area contributed by atoms with E-state index in [1.165, 1.54) is 0 Å². The van der Waals surface area contributed by atoms with Gasteiger partial charge >= 0.3 is 5.71 Å².